The summed E-state index contributed by atoms with van der Waals surface area (Å²) in [6.07, 6.45) is 2.91. The predicted octanol–water partition coefficient (Wildman–Crippen LogP) is 5.23. The fraction of sp³-hybridized carbons (Fsp3) is 0.500. The van der Waals surface area contributed by atoms with Crippen molar-refractivity contribution in [3.63, 3.8) is 0 Å². The number of thioether (sulfide) groups is 1. The molecule has 1 aromatic carbocycles. The maximum atomic E-state index is 13.6. The van der Waals surface area contributed by atoms with Gasteiger partial charge >= 0.3 is 0 Å². The zero-order valence-corrected chi connectivity index (χ0v) is 12.8. The lowest BCUT2D eigenvalue weighted by Gasteiger charge is -2.14. The van der Waals surface area contributed by atoms with Crippen molar-refractivity contribution in [3.8, 4) is 5.75 Å². The van der Waals surface area contributed by atoms with E-state index in [0.29, 0.717) is 23.5 Å². The van der Waals surface area contributed by atoms with Gasteiger partial charge in [0.1, 0.15) is 0 Å². The molecule has 0 heterocycles. The monoisotopic (exact) mass is 282 g/mol. The largest absolute Gasteiger partial charge is 0.490 e. The molecular weight excluding hydrogens is 259 g/mol. The lowest BCUT2D eigenvalue weighted by Crippen LogP contribution is -2.06. The van der Waals surface area contributed by atoms with E-state index in [4.69, 9.17) is 4.74 Å². The van der Waals surface area contributed by atoms with Gasteiger partial charge < -0.3 is 4.74 Å². The molecule has 0 bridgehead atoms. The molecule has 0 amide bonds. The maximum absolute atomic E-state index is 13.6. The summed E-state index contributed by atoms with van der Waals surface area (Å²) in [6.45, 7) is 10.5. The van der Waals surface area contributed by atoms with Gasteiger partial charge in [-0.25, -0.2) is 4.39 Å². The zero-order chi connectivity index (χ0) is 14.3. The first-order valence-corrected chi connectivity index (χ1v) is 7.74. The summed E-state index contributed by atoms with van der Waals surface area (Å²) < 4.78 is 19.2. The topological polar surface area (TPSA) is 9.23 Å². The molecule has 1 atom stereocenters. The van der Waals surface area contributed by atoms with Crippen molar-refractivity contribution in [2.24, 2.45) is 5.92 Å². The van der Waals surface area contributed by atoms with Crippen LogP contribution in [0.3, 0.4) is 0 Å². The van der Waals surface area contributed by atoms with E-state index in [9.17, 15) is 4.39 Å². The van der Waals surface area contributed by atoms with Gasteiger partial charge in [0, 0.05) is 5.25 Å². The molecule has 3 heteroatoms. The highest BCUT2D eigenvalue weighted by atomic mass is 32.2. The second-order valence-electron chi connectivity index (χ2n) is 4.99. The normalized spacial score (nSPS) is 12.5. The fourth-order valence-electron chi connectivity index (χ4n) is 1.56. The van der Waals surface area contributed by atoms with Crippen LogP contribution in [0.1, 0.15) is 38.0 Å². The summed E-state index contributed by atoms with van der Waals surface area (Å²) in [6, 6.07) is 5.15. The third-order valence-corrected chi connectivity index (χ3v) is 3.93. The molecule has 19 heavy (non-hydrogen) atoms. The Bertz CT molecular complexity index is 404. The van der Waals surface area contributed by atoms with E-state index in [-0.39, 0.29) is 5.82 Å². The molecule has 106 valence electrons. The Morgan fingerprint density at radius 2 is 2.11 bits per heavy atom. The molecule has 0 saturated heterocycles. The standard InChI is InChI=1S/C16H23FOS/c1-5-6-9-19-13(4)14-7-8-15(17)16(10-14)18-11-12(2)3/h5,7-8,10,12-13H,1,6,9,11H2,2-4H3. The van der Waals surface area contributed by atoms with E-state index in [1.54, 1.807) is 0 Å². The maximum Gasteiger partial charge on any atom is 0.165 e. The summed E-state index contributed by atoms with van der Waals surface area (Å²) in [5.41, 5.74) is 1.11. The van der Waals surface area contributed by atoms with Crippen LogP contribution >= 0.6 is 11.8 Å². The van der Waals surface area contributed by atoms with Gasteiger partial charge in [-0.15, -0.1) is 6.58 Å². The molecule has 1 unspecified atom stereocenters. The Balaban J connectivity index is 2.68. The molecule has 0 aromatic heterocycles. The lowest BCUT2D eigenvalue weighted by atomic mass is 10.1. The Labute approximate surface area is 120 Å². The molecule has 0 aliphatic carbocycles. The van der Waals surface area contributed by atoms with Crippen LogP contribution in [0, 0.1) is 11.7 Å². The molecule has 0 fully saturated rings. The highest BCUT2D eigenvalue weighted by Gasteiger charge is 2.11. The molecular formula is C16H23FOS. The second-order valence-corrected chi connectivity index (χ2v) is 6.43. The van der Waals surface area contributed by atoms with Gasteiger partial charge in [-0.3, -0.25) is 0 Å². The van der Waals surface area contributed by atoms with Gasteiger partial charge in [-0.05, 0) is 42.7 Å². The molecule has 0 N–H and O–H groups in total. The number of rotatable bonds is 8. The van der Waals surface area contributed by atoms with Crippen LogP contribution in [0.2, 0.25) is 0 Å². The van der Waals surface area contributed by atoms with Crippen molar-refractivity contribution >= 4 is 11.8 Å². The van der Waals surface area contributed by atoms with Crippen molar-refractivity contribution in [2.75, 3.05) is 12.4 Å². The first-order valence-electron chi connectivity index (χ1n) is 6.69. The van der Waals surface area contributed by atoms with Gasteiger partial charge in [0.05, 0.1) is 6.61 Å². The van der Waals surface area contributed by atoms with Crippen LogP contribution < -0.4 is 4.74 Å². The Kier molecular flexibility index (Phi) is 7.00. The quantitative estimate of drug-likeness (QED) is 0.477. The number of halogens is 1. The molecule has 1 aromatic rings. The summed E-state index contributed by atoms with van der Waals surface area (Å²) in [5, 5.41) is 0.335. The van der Waals surface area contributed by atoms with Crippen LogP contribution in [-0.2, 0) is 0 Å². The first kappa shape index (κ1) is 16.1. The number of hydrogen-bond acceptors (Lipinski definition) is 2. The Hall–Kier alpha value is -0.960. The summed E-state index contributed by atoms with van der Waals surface area (Å²) >= 11 is 1.84. The number of allylic oxidation sites excluding steroid dienone is 1. The van der Waals surface area contributed by atoms with E-state index < -0.39 is 0 Å². The van der Waals surface area contributed by atoms with Gasteiger partial charge in [-0.1, -0.05) is 26.0 Å². The number of benzene rings is 1. The zero-order valence-electron chi connectivity index (χ0n) is 12.0. The fourth-order valence-corrected chi connectivity index (χ4v) is 2.56. The van der Waals surface area contributed by atoms with Crippen molar-refractivity contribution in [1.82, 2.24) is 0 Å². The molecule has 1 rings (SSSR count). The third-order valence-electron chi connectivity index (χ3n) is 2.69. The highest BCUT2D eigenvalue weighted by Crippen LogP contribution is 2.32. The summed E-state index contributed by atoms with van der Waals surface area (Å²) in [7, 11) is 0. The molecule has 1 nitrogen and oxygen atoms in total. The summed E-state index contributed by atoms with van der Waals surface area (Å²) in [4.78, 5) is 0. The van der Waals surface area contributed by atoms with Crippen molar-refractivity contribution in [1.29, 1.82) is 0 Å². The minimum atomic E-state index is -0.285. The van der Waals surface area contributed by atoms with E-state index in [2.05, 4.69) is 27.4 Å². The van der Waals surface area contributed by atoms with E-state index in [1.807, 2.05) is 30.0 Å². The van der Waals surface area contributed by atoms with Gasteiger partial charge in [0.25, 0.3) is 0 Å². The summed E-state index contributed by atoms with van der Waals surface area (Å²) in [5.74, 6) is 1.50. The lowest BCUT2D eigenvalue weighted by molar-refractivity contribution is 0.259. The molecule has 0 spiro atoms. The third kappa shape index (κ3) is 5.68. The minimum absolute atomic E-state index is 0.285. The predicted molar refractivity (Wildman–Crippen MR) is 82.4 cm³/mol. The van der Waals surface area contributed by atoms with Crippen molar-refractivity contribution < 1.29 is 9.13 Å². The van der Waals surface area contributed by atoms with Crippen LogP contribution in [0.25, 0.3) is 0 Å². The number of ether oxygens (including phenoxy) is 1. The molecule has 0 aliphatic heterocycles. The molecule has 0 aliphatic rings. The minimum Gasteiger partial charge on any atom is -0.490 e. The molecule has 0 radical (unpaired) electrons. The van der Waals surface area contributed by atoms with E-state index in [0.717, 1.165) is 17.7 Å². The van der Waals surface area contributed by atoms with Crippen LogP contribution in [0.5, 0.6) is 5.75 Å². The van der Waals surface area contributed by atoms with E-state index in [1.165, 1.54) is 6.07 Å². The van der Waals surface area contributed by atoms with Crippen LogP contribution in [0.4, 0.5) is 4.39 Å². The van der Waals surface area contributed by atoms with Crippen molar-refractivity contribution in [3.05, 3.63) is 42.2 Å². The Morgan fingerprint density at radius 3 is 2.74 bits per heavy atom. The first-order chi connectivity index (χ1) is 9.04. The van der Waals surface area contributed by atoms with Crippen molar-refractivity contribution in [2.45, 2.75) is 32.4 Å². The second kappa shape index (κ2) is 8.26. The average Bonchev–Trinajstić information content (AvgIpc) is 2.37. The highest BCUT2D eigenvalue weighted by molar-refractivity contribution is 7.99. The average molecular weight is 282 g/mol. The van der Waals surface area contributed by atoms with Gasteiger partial charge in [0.15, 0.2) is 11.6 Å². The Morgan fingerprint density at radius 1 is 1.37 bits per heavy atom. The smallest absolute Gasteiger partial charge is 0.165 e. The molecule has 0 saturated carbocycles. The SMILES string of the molecule is C=CCCSC(C)c1ccc(F)c(OCC(C)C)c1. The van der Waals surface area contributed by atoms with Gasteiger partial charge in [0.2, 0.25) is 0 Å². The van der Waals surface area contributed by atoms with Crippen LogP contribution in [-0.4, -0.2) is 12.4 Å². The van der Waals surface area contributed by atoms with Gasteiger partial charge in [-0.2, -0.15) is 11.8 Å². The van der Waals surface area contributed by atoms with Crippen LogP contribution in [0.15, 0.2) is 30.9 Å². The van der Waals surface area contributed by atoms with E-state index >= 15 is 0 Å². The number of hydrogen-bond donors (Lipinski definition) is 0.